The standard InChI is InChI=1S/C6H11N3O/c1-2-3-4-10-6(8)9-5-7/h2-4H2,1H3,(H2,8,9). The molecule has 0 aliphatic heterocycles. The highest BCUT2D eigenvalue weighted by atomic mass is 16.5. The molecule has 0 aromatic heterocycles. The van der Waals surface area contributed by atoms with Gasteiger partial charge in [-0.3, -0.25) is 0 Å². The Morgan fingerprint density at radius 2 is 2.50 bits per heavy atom. The number of hydrogen-bond donors (Lipinski definition) is 1. The molecule has 0 aromatic rings. The van der Waals surface area contributed by atoms with Gasteiger partial charge < -0.3 is 10.5 Å². The van der Waals surface area contributed by atoms with Gasteiger partial charge in [-0.05, 0) is 6.42 Å². The average Bonchev–Trinajstić information content (AvgIpc) is 1.89. The minimum absolute atomic E-state index is 0.0454. The third kappa shape index (κ3) is 4.91. The largest absolute Gasteiger partial charge is 0.465 e. The smallest absolute Gasteiger partial charge is 0.297 e. The topological polar surface area (TPSA) is 71.4 Å². The molecule has 0 atom stereocenters. The molecule has 0 saturated heterocycles. The number of nitriles is 1. The number of nitrogens with zero attached hydrogens (tertiary/aromatic N) is 2. The van der Waals surface area contributed by atoms with E-state index >= 15 is 0 Å². The molecule has 4 heteroatoms. The van der Waals surface area contributed by atoms with Gasteiger partial charge in [-0.2, -0.15) is 5.26 Å². The maximum atomic E-state index is 8.00. The van der Waals surface area contributed by atoms with E-state index < -0.39 is 0 Å². The van der Waals surface area contributed by atoms with Crippen LogP contribution in [-0.4, -0.2) is 12.6 Å². The number of aliphatic imine (C=N–C) groups is 1. The van der Waals surface area contributed by atoms with E-state index in [-0.39, 0.29) is 6.02 Å². The van der Waals surface area contributed by atoms with Crippen LogP contribution < -0.4 is 5.73 Å². The van der Waals surface area contributed by atoms with Crippen molar-refractivity contribution in [2.24, 2.45) is 10.7 Å². The summed E-state index contributed by atoms with van der Waals surface area (Å²) in [6.07, 6.45) is 3.51. The van der Waals surface area contributed by atoms with Gasteiger partial charge in [0.1, 0.15) is 0 Å². The van der Waals surface area contributed by atoms with Crippen molar-refractivity contribution in [2.75, 3.05) is 6.61 Å². The highest BCUT2D eigenvalue weighted by Gasteiger charge is 1.89. The van der Waals surface area contributed by atoms with Gasteiger partial charge in [-0.15, -0.1) is 4.99 Å². The molecule has 0 aliphatic rings. The molecule has 0 saturated carbocycles. The van der Waals surface area contributed by atoms with Gasteiger partial charge in [0.05, 0.1) is 6.61 Å². The fraction of sp³-hybridized carbons (Fsp3) is 0.667. The first-order valence-electron chi connectivity index (χ1n) is 3.16. The summed E-state index contributed by atoms with van der Waals surface area (Å²) in [5, 5.41) is 8.00. The Balaban J connectivity index is 3.32. The molecule has 0 unspecified atom stereocenters. The summed E-state index contributed by atoms with van der Waals surface area (Å²) in [7, 11) is 0. The molecule has 0 aromatic carbocycles. The van der Waals surface area contributed by atoms with E-state index in [4.69, 9.17) is 15.7 Å². The summed E-state index contributed by atoms with van der Waals surface area (Å²) in [5.74, 6) is 0. The normalized spacial score (nSPS) is 10.6. The molecule has 56 valence electrons. The van der Waals surface area contributed by atoms with E-state index in [2.05, 4.69) is 4.99 Å². The number of ether oxygens (including phenoxy) is 1. The highest BCUT2D eigenvalue weighted by molar-refractivity contribution is 5.72. The summed E-state index contributed by atoms with van der Waals surface area (Å²) < 4.78 is 4.83. The van der Waals surface area contributed by atoms with Crippen molar-refractivity contribution in [3.05, 3.63) is 0 Å². The Bertz CT molecular complexity index is 148. The minimum Gasteiger partial charge on any atom is -0.465 e. The first-order chi connectivity index (χ1) is 4.81. The first kappa shape index (κ1) is 8.76. The van der Waals surface area contributed by atoms with Crippen molar-refractivity contribution < 1.29 is 4.74 Å². The summed E-state index contributed by atoms with van der Waals surface area (Å²) >= 11 is 0. The minimum atomic E-state index is -0.0454. The molecule has 0 rings (SSSR count). The van der Waals surface area contributed by atoms with Gasteiger partial charge in [0.25, 0.3) is 6.02 Å². The summed E-state index contributed by atoms with van der Waals surface area (Å²) in [6, 6.07) is -0.0454. The Morgan fingerprint density at radius 3 is 3.00 bits per heavy atom. The highest BCUT2D eigenvalue weighted by Crippen LogP contribution is 1.86. The van der Waals surface area contributed by atoms with E-state index in [0.717, 1.165) is 12.8 Å². The number of rotatable bonds is 3. The van der Waals surface area contributed by atoms with Crippen LogP contribution in [0.15, 0.2) is 4.99 Å². The number of nitrogens with two attached hydrogens (primary N) is 1. The van der Waals surface area contributed by atoms with Crippen LogP contribution in [0.25, 0.3) is 0 Å². The Hall–Kier alpha value is -1.24. The fourth-order valence-corrected chi connectivity index (χ4v) is 0.403. The summed E-state index contributed by atoms with van der Waals surface area (Å²) in [4.78, 5) is 3.17. The molecule has 0 spiro atoms. The van der Waals surface area contributed by atoms with E-state index in [1.165, 1.54) is 6.19 Å². The van der Waals surface area contributed by atoms with Gasteiger partial charge in [0.2, 0.25) is 6.19 Å². The molecule has 4 nitrogen and oxygen atoms in total. The quantitative estimate of drug-likeness (QED) is 0.271. The van der Waals surface area contributed by atoms with Crippen molar-refractivity contribution in [3.63, 3.8) is 0 Å². The number of unbranched alkanes of at least 4 members (excludes halogenated alkanes) is 1. The molecular weight excluding hydrogens is 130 g/mol. The zero-order valence-electron chi connectivity index (χ0n) is 6.00. The van der Waals surface area contributed by atoms with E-state index in [1.807, 2.05) is 6.92 Å². The molecule has 0 aliphatic carbocycles. The third-order valence-electron chi connectivity index (χ3n) is 0.908. The van der Waals surface area contributed by atoms with Crippen LogP contribution in [0.5, 0.6) is 0 Å². The lowest BCUT2D eigenvalue weighted by molar-refractivity contribution is 0.292. The predicted molar refractivity (Wildman–Crippen MR) is 38.1 cm³/mol. The van der Waals surface area contributed by atoms with Crippen LogP contribution in [-0.2, 0) is 4.74 Å². The van der Waals surface area contributed by atoms with Gasteiger partial charge in [-0.1, -0.05) is 13.3 Å². The second-order valence-corrected chi connectivity index (χ2v) is 1.75. The molecule has 0 fully saturated rings. The zero-order chi connectivity index (χ0) is 7.82. The summed E-state index contributed by atoms with van der Waals surface area (Å²) in [5.41, 5.74) is 5.13. The molecule has 0 radical (unpaired) electrons. The molecule has 2 N–H and O–H groups in total. The maximum Gasteiger partial charge on any atom is 0.297 e. The van der Waals surface area contributed by atoms with Crippen molar-refractivity contribution >= 4 is 6.02 Å². The van der Waals surface area contributed by atoms with Crippen LogP contribution in [0.1, 0.15) is 19.8 Å². The van der Waals surface area contributed by atoms with E-state index in [9.17, 15) is 0 Å². The number of amidine groups is 1. The summed E-state index contributed by atoms with van der Waals surface area (Å²) in [6.45, 7) is 2.58. The predicted octanol–water partition coefficient (Wildman–Crippen LogP) is 0.599. The van der Waals surface area contributed by atoms with Gasteiger partial charge in [0.15, 0.2) is 0 Å². The second kappa shape index (κ2) is 5.89. The molecule has 0 bridgehead atoms. The Labute approximate surface area is 60.3 Å². The lowest BCUT2D eigenvalue weighted by Gasteiger charge is -1.99. The van der Waals surface area contributed by atoms with Crippen LogP contribution in [0.3, 0.4) is 0 Å². The SMILES string of the molecule is CCCCOC(N)=NC#N. The first-order valence-corrected chi connectivity index (χ1v) is 3.16. The molecule has 10 heavy (non-hydrogen) atoms. The van der Waals surface area contributed by atoms with E-state index in [1.54, 1.807) is 0 Å². The van der Waals surface area contributed by atoms with Crippen molar-refractivity contribution in [3.8, 4) is 6.19 Å². The molecule has 0 heterocycles. The van der Waals surface area contributed by atoms with Crippen LogP contribution in [0, 0.1) is 11.5 Å². The fourth-order valence-electron chi connectivity index (χ4n) is 0.403. The van der Waals surface area contributed by atoms with Crippen molar-refractivity contribution in [1.29, 1.82) is 5.26 Å². The van der Waals surface area contributed by atoms with Gasteiger partial charge >= 0.3 is 0 Å². The zero-order valence-corrected chi connectivity index (χ0v) is 6.00. The third-order valence-corrected chi connectivity index (χ3v) is 0.908. The van der Waals surface area contributed by atoms with Crippen LogP contribution in [0.4, 0.5) is 0 Å². The van der Waals surface area contributed by atoms with Gasteiger partial charge in [0, 0.05) is 0 Å². The maximum absolute atomic E-state index is 8.00. The van der Waals surface area contributed by atoms with Crippen LogP contribution >= 0.6 is 0 Å². The molecular formula is C6H11N3O. The Kier molecular flexibility index (Phi) is 5.16. The molecule has 0 amide bonds. The monoisotopic (exact) mass is 141 g/mol. The lowest BCUT2D eigenvalue weighted by Crippen LogP contribution is -2.16. The van der Waals surface area contributed by atoms with Crippen LogP contribution in [0.2, 0.25) is 0 Å². The van der Waals surface area contributed by atoms with Crippen molar-refractivity contribution in [2.45, 2.75) is 19.8 Å². The van der Waals surface area contributed by atoms with E-state index in [0.29, 0.717) is 6.61 Å². The number of hydrogen-bond acceptors (Lipinski definition) is 3. The van der Waals surface area contributed by atoms with Gasteiger partial charge in [-0.25, -0.2) is 0 Å². The Morgan fingerprint density at radius 1 is 1.80 bits per heavy atom. The average molecular weight is 141 g/mol. The van der Waals surface area contributed by atoms with Crippen molar-refractivity contribution in [1.82, 2.24) is 0 Å². The second-order valence-electron chi connectivity index (χ2n) is 1.75. The lowest BCUT2D eigenvalue weighted by atomic mass is 10.4.